The molecule has 3 fully saturated rings. The number of fused-ring (bicyclic) bond motifs is 1. The van der Waals surface area contributed by atoms with E-state index in [0.717, 1.165) is 17.8 Å². The maximum atomic E-state index is 12.4. The molecule has 1 aromatic heterocycles. The monoisotopic (exact) mass is 364 g/mol. The largest absolute Gasteiger partial charge is 0.393 e. The van der Waals surface area contributed by atoms with E-state index in [0.29, 0.717) is 38.3 Å². The molecule has 3 heterocycles. The third kappa shape index (κ3) is 3.73. The van der Waals surface area contributed by atoms with Crippen LogP contribution in [0.15, 0.2) is 17.5 Å². The summed E-state index contributed by atoms with van der Waals surface area (Å²) >= 11 is 1.63. The lowest BCUT2D eigenvalue weighted by molar-refractivity contribution is -0.142. The maximum Gasteiger partial charge on any atom is 0.225 e. The zero-order valence-electron chi connectivity index (χ0n) is 14.1. The summed E-state index contributed by atoms with van der Waals surface area (Å²) in [5.74, 6) is 0.514. The molecule has 2 saturated heterocycles. The van der Waals surface area contributed by atoms with Gasteiger partial charge in [-0.3, -0.25) is 9.59 Å². The van der Waals surface area contributed by atoms with Gasteiger partial charge in [-0.1, -0.05) is 6.07 Å². The lowest BCUT2D eigenvalue weighted by Gasteiger charge is -2.33. The summed E-state index contributed by atoms with van der Waals surface area (Å²) in [6.45, 7) is 1.93. The number of carbonyl (C=O) groups is 2. The van der Waals surface area contributed by atoms with Gasteiger partial charge < -0.3 is 20.1 Å². The van der Waals surface area contributed by atoms with Gasteiger partial charge in [-0.2, -0.15) is 0 Å². The van der Waals surface area contributed by atoms with Crippen molar-refractivity contribution in [3.8, 4) is 0 Å². The summed E-state index contributed by atoms with van der Waals surface area (Å²) in [5.41, 5.74) is 0. The lowest BCUT2D eigenvalue weighted by atomic mass is 9.81. The normalized spacial score (nSPS) is 33.8. The molecule has 0 unspecified atom stereocenters. The fourth-order valence-corrected chi connectivity index (χ4v) is 4.74. The van der Waals surface area contributed by atoms with Crippen molar-refractivity contribution in [3.63, 3.8) is 0 Å². The number of nitrogens with zero attached hydrogens (tertiary/aromatic N) is 1. The highest BCUT2D eigenvalue weighted by atomic mass is 32.1. The molecule has 6 nitrogen and oxygen atoms in total. The fourth-order valence-electron chi connectivity index (χ4n) is 4.10. The molecule has 25 heavy (non-hydrogen) atoms. The first kappa shape index (κ1) is 17.0. The van der Waals surface area contributed by atoms with Crippen molar-refractivity contribution in [3.05, 3.63) is 22.4 Å². The average Bonchev–Trinajstić information content (AvgIpc) is 3.25. The standard InChI is InChI=1S/C18H24N2O4S/c21-13-4-11(5-13)18(23)20-9-12-6-14(24-16(12)10-20)7-17(22)19-8-15-2-1-3-25-15/h1-3,11-14,16,21H,4-10H2,(H,19,22)/t11?,12-,13?,14-,16+/m0/s1. The number of likely N-dealkylation sites (tertiary alicyclic amines) is 1. The van der Waals surface area contributed by atoms with Crippen LogP contribution in [0.5, 0.6) is 0 Å². The van der Waals surface area contributed by atoms with Gasteiger partial charge in [0.15, 0.2) is 0 Å². The zero-order valence-corrected chi connectivity index (χ0v) is 14.9. The van der Waals surface area contributed by atoms with E-state index in [-0.39, 0.29) is 36.0 Å². The summed E-state index contributed by atoms with van der Waals surface area (Å²) < 4.78 is 6.02. The van der Waals surface area contributed by atoms with Crippen LogP contribution in [0, 0.1) is 11.8 Å². The minimum absolute atomic E-state index is 0.00680. The first-order valence-corrected chi connectivity index (χ1v) is 9.88. The Morgan fingerprint density at radius 1 is 1.32 bits per heavy atom. The second kappa shape index (κ2) is 7.05. The SMILES string of the molecule is O=C(C[C@@H]1C[C@H]2CN(C(=O)C3CC(O)C3)C[C@H]2O1)NCc1cccs1. The molecule has 1 aliphatic carbocycles. The highest BCUT2D eigenvalue weighted by Gasteiger charge is 2.46. The molecular formula is C18H24N2O4S. The molecule has 0 radical (unpaired) electrons. The van der Waals surface area contributed by atoms with Gasteiger partial charge >= 0.3 is 0 Å². The van der Waals surface area contributed by atoms with Crippen molar-refractivity contribution < 1.29 is 19.4 Å². The van der Waals surface area contributed by atoms with Crippen molar-refractivity contribution in [2.75, 3.05) is 13.1 Å². The van der Waals surface area contributed by atoms with E-state index in [1.165, 1.54) is 0 Å². The van der Waals surface area contributed by atoms with E-state index in [9.17, 15) is 14.7 Å². The highest BCUT2D eigenvalue weighted by Crippen LogP contribution is 2.37. The Hall–Kier alpha value is -1.44. The molecule has 3 atom stereocenters. The molecule has 7 heteroatoms. The number of amides is 2. The van der Waals surface area contributed by atoms with Crippen LogP contribution in [0.2, 0.25) is 0 Å². The first-order chi connectivity index (χ1) is 12.1. The van der Waals surface area contributed by atoms with E-state index >= 15 is 0 Å². The van der Waals surface area contributed by atoms with Gasteiger partial charge in [-0.05, 0) is 30.7 Å². The molecule has 1 saturated carbocycles. The quantitative estimate of drug-likeness (QED) is 0.821. The molecule has 3 aliphatic rings. The first-order valence-electron chi connectivity index (χ1n) is 9.00. The van der Waals surface area contributed by atoms with Crippen molar-refractivity contribution in [2.24, 2.45) is 11.8 Å². The summed E-state index contributed by atoms with van der Waals surface area (Å²) in [7, 11) is 0. The Morgan fingerprint density at radius 3 is 2.84 bits per heavy atom. The van der Waals surface area contributed by atoms with Crippen LogP contribution < -0.4 is 5.32 Å². The Morgan fingerprint density at radius 2 is 2.16 bits per heavy atom. The Kier molecular flexibility index (Phi) is 4.80. The number of hydrogen-bond acceptors (Lipinski definition) is 5. The Balaban J connectivity index is 1.20. The van der Waals surface area contributed by atoms with Crippen LogP contribution in [0.1, 0.15) is 30.6 Å². The number of thiophene rings is 1. The van der Waals surface area contributed by atoms with Crippen LogP contribution >= 0.6 is 11.3 Å². The second-order valence-electron chi connectivity index (χ2n) is 7.42. The maximum absolute atomic E-state index is 12.4. The minimum atomic E-state index is -0.302. The predicted octanol–water partition coefficient (Wildman–Crippen LogP) is 1.14. The van der Waals surface area contributed by atoms with Crippen LogP contribution in [-0.2, 0) is 20.9 Å². The number of carbonyl (C=O) groups excluding carboxylic acids is 2. The van der Waals surface area contributed by atoms with Crippen molar-refractivity contribution in [2.45, 2.75) is 50.5 Å². The number of hydrogen-bond donors (Lipinski definition) is 2. The third-order valence-electron chi connectivity index (χ3n) is 5.54. The molecule has 0 spiro atoms. The summed E-state index contributed by atoms with van der Waals surface area (Å²) in [4.78, 5) is 27.5. The number of nitrogens with one attached hydrogen (secondary N) is 1. The van der Waals surface area contributed by atoms with Gasteiger partial charge in [-0.25, -0.2) is 0 Å². The van der Waals surface area contributed by atoms with Gasteiger partial charge in [-0.15, -0.1) is 11.3 Å². The number of aliphatic hydroxyl groups excluding tert-OH is 1. The van der Waals surface area contributed by atoms with E-state index < -0.39 is 0 Å². The predicted molar refractivity (Wildman–Crippen MR) is 92.9 cm³/mol. The summed E-state index contributed by atoms with van der Waals surface area (Å²) in [6, 6.07) is 3.99. The van der Waals surface area contributed by atoms with E-state index in [1.54, 1.807) is 11.3 Å². The van der Waals surface area contributed by atoms with E-state index in [1.807, 2.05) is 22.4 Å². The molecule has 0 bridgehead atoms. The molecule has 2 amide bonds. The summed E-state index contributed by atoms with van der Waals surface area (Å²) in [6.07, 6.45) is 2.14. The number of aliphatic hydroxyl groups is 1. The van der Waals surface area contributed by atoms with E-state index in [2.05, 4.69) is 5.32 Å². The van der Waals surface area contributed by atoms with Crippen LogP contribution in [0.3, 0.4) is 0 Å². The molecule has 2 N–H and O–H groups in total. The highest BCUT2D eigenvalue weighted by molar-refractivity contribution is 7.09. The van der Waals surface area contributed by atoms with Crippen LogP contribution in [-0.4, -0.2) is 53.2 Å². The van der Waals surface area contributed by atoms with Crippen LogP contribution in [0.25, 0.3) is 0 Å². The topological polar surface area (TPSA) is 78.9 Å². The van der Waals surface area contributed by atoms with Gasteiger partial charge in [0.2, 0.25) is 11.8 Å². The minimum Gasteiger partial charge on any atom is -0.393 e. The molecular weight excluding hydrogens is 340 g/mol. The third-order valence-corrected chi connectivity index (χ3v) is 6.42. The van der Waals surface area contributed by atoms with Crippen LogP contribution in [0.4, 0.5) is 0 Å². The molecule has 4 rings (SSSR count). The summed E-state index contributed by atoms with van der Waals surface area (Å²) in [5, 5.41) is 14.3. The van der Waals surface area contributed by atoms with E-state index in [4.69, 9.17) is 4.74 Å². The number of rotatable bonds is 5. The average molecular weight is 364 g/mol. The molecule has 2 aliphatic heterocycles. The lowest BCUT2D eigenvalue weighted by Crippen LogP contribution is -2.43. The fraction of sp³-hybridized carbons (Fsp3) is 0.667. The number of ether oxygens (including phenoxy) is 1. The smallest absolute Gasteiger partial charge is 0.225 e. The second-order valence-corrected chi connectivity index (χ2v) is 8.45. The molecule has 0 aromatic carbocycles. The molecule has 136 valence electrons. The molecule has 1 aromatic rings. The Bertz CT molecular complexity index is 615. The van der Waals surface area contributed by atoms with Gasteiger partial charge in [0.25, 0.3) is 0 Å². The van der Waals surface area contributed by atoms with Gasteiger partial charge in [0.05, 0.1) is 31.3 Å². The Labute approximate surface area is 151 Å². The van der Waals surface area contributed by atoms with Gasteiger partial charge in [0.1, 0.15) is 0 Å². The van der Waals surface area contributed by atoms with Crippen molar-refractivity contribution >= 4 is 23.2 Å². The van der Waals surface area contributed by atoms with Crippen molar-refractivity contribution in [1.29, 1.82) is 0 Å². The van der Waals surface area contributed by atoms with Crippen molar-refractivity contribution in [1.82, 2.24) is 10.2 Å². The van der Waals surface area contributed by atoms with Gasteiger partial charge in [0, 0.05) is 29.8 Å². The zero-order chi connectivity index (χ0) is 17.4.